The third kappa shape index (κ3) is 4.47. The van der Waals surface area contributed by atoms with Gasteiger partial charge in [0.05, 0.1) is 5.41 Å². The maximum Gasteiger partial charge on any atom is 0.164 e. The summed E-state index contributed by atoms with van der Waals surface area (Å²) in [5.41, 5.74) is 11.3. The minimum Gasteiger partial charge on any atom is -0.455 e. The first-order chi connectivity index (χ1) is 26.8. The molecule has 0 spiro atoms. The molecule has 0 radical (unpaired) electrons. The highest BCUT2D eigenvalue weighted by atomic mass is 16.3. The minimum absolute atomic E-state index is 0.537. The molecule has 0 atom stereocenters. The maximum absolute atomic E-state index is 6.57. The fourth-order valence-corrected chi connectivity index (χ4v) is 8.68. The van der Waals surface area contributed by atoms with Crippen molar-refractivity contribution in [1.29, 1.82) is 0 Å². The molecule has 4 heteroatoms. The van der Waals surface area contributed by atoms with Gasteiger partial charge in [0.15, 0.2) is 17.5 Å². The van der Waals surface area contributed by atoms with Gasteiger partial charge in [-0.25, -0.2) is 15.0 Å². The summed E-state index contributed by atoms with van der Waals surface area (Å²) in [4.78, 5) is 15.6. The van der Waals surface area contributed by atoms with Crippen LogP contribution >= 0.6 is 0 Å². The van der Waals surface area contributed by atoms with E-state index in [9.17, 15) is 0 Å². The normalized spacial score (nSPS) is 13.0. The quantitative estimate of drug-likeness (QED) is 0.180. The summed E-state index contributed by atoms with van der Waals surface area (Å²) < 4.78 is 6.57. The lowest BCUT2D eigenvalue weighted by Crippen LogP contribution is -2.28. The number of para-hydroxylation sites is 1. The van der Waals surface area contributed by atoms with E-state index in [-0.39, 0.29) is 0 Å². The zero-order chi connectivity index (χ0) is 35.6. The zero-order valence-electron chi connectivity index (χ0n) is 29.1. The van der Waals surface area contributed by atoms with E-state index < -0.39 is 5.41 Å². The number of nitrogens with zero attached hydrogens (tertiary/aromatic N) is 3. The second-order valence-corrected chi connectivity index (χ2v) is 13.9. The Morgan fingerprint density at radius 1 is 0.389 bits per heavy atom. The Kier molecular flexibility index (Phi) is 6.73. The van der Waals surface area contributed by atoms with Crippen molar-refractivity contribution in [2.45, 2.75) is 5.41 Å². The molecule has 0 N–H and O–H groups in total. The summed E-state index contributed by atoms with van der Waals surface area (Å²) in [6.45, 7) is 0. The molecule has 0 saturated carbocycles. The summed E-state index contributed by atoms with van der Waals surface area (Å²) in [7, 11) is 0. The van der Waals surface area contributed by atoms with E-state index in [1.165, 1.54) is 27.8 Å². The average molecular weight is 690 g/mol. The van der Waals surface area contributed by atoms with Crippen LogP contribution in [0.5, 0.6) is 0 Å². The molecule has 2 heterocycles. The van der Waals surface area contributed by atoms with E-state index in [0.29, 0.717) is 17.5 Å². The fourth-order valence-electron chi connectivity index (χ4n) is 8.68. The minimum atomic E-state index is -0.537. The van der Waals surface area contributed by atoms with Crippen LogP contribution in [0.2, 0.25) is 0 Å². The smallest absolute Gasteiger partial charge is 0.164 e. The van der Waals surface area contributed by atoms with Crippen molar-refractivity contribution >= 4 is 32.7 Å². The van der Waals surface area contributed by atoms with Gasteiger partial charge in [0.25, 0.3) is 0 Å². The third-order valence-corrected chi connectivity index (χ3v) is 11.0. The van der Waals surface area contributed by atoms with Crippen LogP contribution in [0.25, 0.3) is 78.0 Å². The molecular formula is C50H31N3O. The lowest BCUT2D eigenvalue weighted by atomic mass is 9.67. The molecule has 0 fully saturated rings. The number of benzene rings is 8. The molecule has 0 aliphatic heterocycles. The largest absolute Gasteiger partial charge is 0.455 e. The van der Waals surface area contributed by atoms with Crippen LogP contribution < -0.4 is 0 Å². The Labute approximate surface area is 312 Å². The molecule has 8 aromatic carbocycles. The molecule has 4 nitrogen and oxygen atoms in total. The van der Waals surface area contributed by atoms with Crippen LogP contribution in [0, 0.1) is 0 Å². The highest BCUT2D eigenvalue weighted by Crippen LogP contribution is 2.56. The summed E-state index contributed by atoms with van der Waals surface area (Å²) in [5.74, 6) is 1.82. The highest BCUT2D eigenvalue weighted by Gasteiger charge is 2.45. The predicted octanol–water partition coefficient (Wildman–Crippen LogP) is 12.3. The van der Waals surface area contributed by atoms with Crippen molar-refractivity contribution in [2.75, 3.05) is 0 Å². The van der Waals surface area contributed by atoms with Gasteiger partial charge in [-0.15, -0.1) is 0 Å². The molecule has 54 heavy (non-hydrogen) atoms. The Bertz CT molecular complexity index is 3010. The van der Waals surface area contributed by atoms with Crippen LogP contribution in [0.1, 0.15) is 22.3 Å². The molecule has 0 bridgehead atoms. The number of furan rings is 1. The molecule has 10 aromatic rings. The molecule has 252 valence electrons. The van der Waals surface area contributed by atoms with E-state index in [0.717, 1.165) is 55.0 Å². The van der Waals surface area contributed by atoms with Gasteiger partial charge in [0.1, 0.15) is 11.2 Å². The van der Waals surface area contributed by atoms with Gasteiger partial charge < -0.3 is 4.42 Å². The molecule has 1 aliphatic carbocycles. The molecule has 0 saturated heterocycles. The molecular weight excluding hydrogens is 659 g/mol. The van der Waals surface area contributed by atoms with Crippen LogP contribution in [0.3, 0.4) is 0 Å². The Balaban J connectivity index is 1.17. The summed E-state index contributed by atoms with van der Waals surface area (Å²) in [5, 5.41) is 4.20. The van der Waals surface area contributed by atoms with Crippen LogP contribution in [-0.4, -0.2) is 15.0 Å². The highest BCUT2D eigenvalue weighted by molar-refractivity contribution is 6.18. The zero-order valence-corrected chi connectivity index (χ0v) is 29.1. The van der Waals surface area contributed by atoms with Gasteiger partial charge in [-0.1, -0.05) is 170 Å². The second-order valence-electron chi connectivity index (χ2n) is 13.9. The SMILES string of the molecule is c1ccc(-c2nc(-c3cccc(C4(c5ccccc5)c5ccccc5-c5ccccc54)c3)nc(-c3cccc4ccc5c6ccccc6oc5c34)n2)cc1. The number of hydrogen-bond donors (Lipinski definition) is 0. The first-order valence-electron chi connectivity index (χ1n) is 18.3. The van der Waals surface area contributed by atoms with Gasteiger partial charge in [0.2, 0.25) is 0 Å². The summed E-state index contributed by atoms with van der Waals surface area (Å²) >= 11 is 0. The standard InChI is InChI=1S/C50H31N3O/c1-3-15-33(16-4-1)47-51-48(53-49(52-47)41-25-14-17-32-29-30-40-39-24-9-12-28-44(39)54-46(40)45(32)41)34-18-13-21-36(31-34)50(35-19-5-2-6-20-35)42-26-10-7-22-37(42)38-23-8-11-27-43(38)50/h1-31H. The summed E-state index contributed by atoms with van der Waals surface area (Å²) in [6, 6.07) is 66.2. The molecule has 11 rings (SSSR count). The van der Waals surface area contributed by atoms with E-state index in [2.05, 4.69) is 158 Å². The van der Waals surface area contributed by atoms with E-state index in [1.807, 2.05) is 30.3 Å². The van der Waals surface area contributed by atoms with Crippen molar-refractivity contribution in [3.63, 3.8) is 0 Å². The molecule has 1 aliphatic rings. The number of fused-ring (bicyclic) bond motifs is 8. The van der Waals surface area contributed by atoms with E-state index in [4.69, 9.17) is 19.4 Å². The van der Waals surface area contributed by atoms with Gasteiger partial charge in [-0.3, -0.25) is 0 Å². The van der Waals surface area contributed by atoms with Gasteiger partial charge in [-0.2, -0.15) is 0 Å². The first kappa shape index (κ1) is 30.5. The molecule has 2 aromatic heterocycles. The Hall–Kier alpha value is -7.17. The monoisotopic (exact) mass is 689 g/mol. The fraction of sp³-hybridized carbons (Fsp3) is 0.0200. The van der Waals surface area contributed by atoms with Crippen LogP contribution in [0.15, 0.2) is 192 Å². The van der Waals surface area contributed by atoms with E-state index in [1.54, 1.807) is 0 Å². The van der Waals surface area contributed by atoms with E-state index >= 15 is 0 Å². The lowest BCUT2D eigenvalue weighted by Gasteiger charge is -2.34. The molecule has 0 amide bonds. The second kappa shape index (κ2) is 11.9. The number of aromatic nitrogens is 3. The van der Waals surface area contributed by atoms with Crippen molar-refractivity contribution in [1.82, 2.24) is 15.0 Å². The first-order valence-corrected chi connectivity index (χ1v) is 18.3. The number of rotatable bonds is 5. The average Bonchev–Trinajstić information content (AvgIpc) is 3.78. The molecule has 0 unspecified atom stereocenters. The van der Waals surface area contributed by atoms with Crippen LogP contribution in [-0.2, 0) is 5.41 Å². The van der Waals surface area contributed by atoms with Crippen molar-refractivity contribution in [2.24, 2.45) is 0 Å². The Morgan fingerprint density at radius 2 is 0.963 bits per heavy atom. The lowest BCUT2D eigenvalue weighted by molar-refractivity contribution is 0.672. The summed E-state index contributed by atoms with van der Waals surface area (Å²) in [6.07, 6.45) is 0. The number of hydrogen-bond acceptors (Lipinski definition) is 4. The van der Waals surface area contributed by atoms with Gasteiger partial charge in [-0.05, 0) is 57.0 Å². The van der Waals surface area contributed by atoms with Crippen molar-refractivity contribution in [3.05, 3.63) is 210 Å². The van der Waals surface area contributed by atoms with Crippen LogP contribution in [0.4, 0.5) is 0 Å². The Morgan fingerprint density at radius 3 is 1.74 bits per heavy atom. The predicted molar refractivity (Wildman–Crippen MR) is 218 cm³/mol. The van der Waals surface area contributed by atoms with Crippen molar-refractivity contribution < 1.29 is 4.42 Å². The maximum atomic E-state index is 6.57. The van der Waals surface area contributed by atoms with Gasteiger partial charge >= 0.3 is 0 Å². The van der Waals surface area contributed by atoms with Crippen molar-refractivity contribution in [3.8, 4) is 45.3 Å². The topological polar surface area (TPSA) is 51.8 Å². The van der Waals surface area contributed by atoms with Gasteiger partial charge in [0, 0.05) is 32.8 Å². The third-order valence-electron chi connectivity index (χ3n) is 11.0.